The summed E-state index contributed by atoms with van der Waals surface area (Å²) in [6.45, 7) is 2.56. The first-order valence-electron chi connectivity index (χ1n) is 2.67. The van der Waals surface area contributed by atoms with Gasteiger partial charge in [-0.15, -0.1) is 0 Å². The van der Waals surface area contributed by atoms with Gasteiger partial charge in [0.25, 0.3) is 0 Å². The van der Waals surface area contributed by atoms with Crippen LogP contribution in [-0.2, 0) is 4.74 Å². The monoisotopic (exact) mass is 138 g/mol. The maximum atomic E-state index is 8.30. The minimum absolute atomic E-state index is 0.0914. The standard InChI is InChI=1S/C5H11ClO2/c1-2-8-5(6)3-4-7/h5,7H,2-4H2,1H3. The predicted molar refractivity (Wildman–Crippen MR) is 33.0 cm³/mol. The summed E-state index contributed by atoms with van der Waals surface area (Å²) in [5, 5.41) is 8.30. The number of rotatable bonds is 4. The zero-order valence-corrected chi connectivity index (χ0v) is 5.69. The summed E-state index contributed by atoms with van der Waals surface area (Å²) < 4.78 is 4.89. The molecule has 0 heterocycles. The molecular formula is C5H11ClO2. The summed E-state index contributed by atoms with van der Waals surface area (Å²) in [5.74, 6) is 0. The Morgan fingerprint density at radius 2 is 2.38 bits per heavy atom. The van der Waals surface area contributed by atoms with Gasteiger partial charge in [-0.3, -0.25) is 0 Å². The van der Waals surface area contributed by atoms with Crippen LogP contribution in [0.3, 0.4) is 0 Å². The smallest absolute Gasteiger partial charge is 0.133 e. The summed E-state index contributed by atoms with van der Waals surface area (Å²) in [5.41, 5.74) is -0.315. The van der Waals surface area contributed by atoms with Gasteiger partial charge in [-0.1, -0.05) is 11.6 Å². The van der Waals surface area contributed by atoms with Crippen LogP contribution in [0.1, 0.15) is 13.3 Å². The maximum Gasteiger partial charge on any atom is 0.133 e. The Morgan fingerprint density at radius 1 is 1.75 bits per heavy atom. The average molecular weight is 139 g/mol. The average Bonchev–Trinajstić information content (AvgIpc) is 1.68. The molecule has 0 spiro atoms. The Labute approximate surface area is 54.4 Å². The van der Waals surface area contributed by atoms with Gasteiger partial charge in [-0.05, 0) is 6.92 Å². The van der Waals surface area contributed by atoms with E-state index in [4.69, 9.17) is 21.4 Å². The van der Waals surface area contributed by atoms with E-state index in [9.17, 15) is 0 Å². The Morgan fingerprint density at radius 3 is 2.75 bits per heavy atom. The third-order valence-electron chi connectivity index (χ3n) is 0.704. The van der Waals surface area contributed by atoms with Crippen LogP contribution in [-0.4, -0.2) is 23.9 Å². The molecule has 8 heavy (non-hydrogen) atoms. The van der Waals surface area contributed by atoms with Crippen molar-refractivity contribution in [1.82, 2.24) is 0 Å². The molecule has 0 fully saturated rings. The number of alkyl halides is 1. The van der Waals surface area contributed by atoms with Crippen LogP contribution in [0.15, 0.2) is 0 Å². The molecule has 1 N–H and O–H groups in total. The minimum Gasteiger partial charge on any atom is -0.396 e. The Hall–Kier alpha value is 0.210. The van der Waals surface area contributed by atoms with E-state index in [1.165, 1.54) is 0 Å². The van der Waals surface area contributed by atoms with E-state index in [1.54, 1.807) is 0 Å². The van der Waals surface area contributed by atoms with Crippen molar-refractivity contribution in [2.75, 3.05) is 13.2 Å². The third kappa shape index (κ3) is 4.37. The molecular weight excluding hydrogens is 128 g/mol. The van der Waals surface area contributed by atoms with E-state index in [0.717, 1.165) is 0 Å². The fourth-order valence-electron chi connectivity index (χ4n) is 0.366. The van der Waals surface area contributed by atoms with Crippen molar-refractivity contribution in [2.45, 2.75) is 18.9 Å². The second kappa shape index (κ2) is 5.35. The highest BCUT2D eigenvalue weighted by molar-refractivity contribution is 6.19. The molecule has 0 bridgehead atoms. The van der Waals surface area contributed by atoms with Gasteiger partial charge in [-0.2, -0.15) is 0 Å². The molecule has 0 rings (SSSR count). The van der Waals surface area contributed by atoms with Crippen LogP contribution in [0.25, 0.3) is 0 Å². The number of hydrogen-bond donors (Lipinski definition) is 1. The second-order valence-electron chi connectivity index (χ2n) is 1.38. The molecule has 2 nitrogen and oxygen atoms in total. The van der Waals surface area contributed by atoms with Crippen molar-refractivity contribution in [3.63, 3.8) is 0 Å². The van der Waals surface area contributed by atoms with Gasteiger partial charge in [0.2, 0.25) is 0 Å². The van der Waals surface area contributed by atoms with Gasteiger partial charge in [0, 0.05) is 19.6 Å². The molecule has 0 saturated carbocycles. The third-order valence-corrected chi connectivity index (χ3v) is 1.05. The van der Waals surface area contributed by atoms with Crippen molar-refractivity contribution in [3.05, 3.63) is 0 Å². The van der Waals surface area contributed by atoms with Crippen LogP contribution >= 0.6 is 11.6 Å². The molecule has 1 unspecified atom stereocenters. The molecule has 0 radical (unpaired) electrons. The molecule has 0 aliphatic rings. The highest BCUT2D eigenvalue weighted by Gasteiger charge is 1.99. The highest BCUT2D eigenvalue weighted by Crippen LogP contribution is 2.01. The van der Waals surface area contributed by atoms with Crippen molar-refractivity contribution in [1.29, 1.82) is 0 Å². The molecule has 3 heteroatoms. The van der Waals surface area contributed by atoms with Crippen LogP contribution in [0.2, 0.25) is 0 Å². The molecule has 0 aliphatic carbocycles. The van der Waals surface area contributed by atoms with E-state index in [-0.39, 0.29) is 12.2 Å². The lowest BCUT2D eigenvalue weighted by Crippen LogP contribution is -2.06. The lowest BCUT2D eigenvalue weighted by Gasteiger charge is -2.05. The molecule has 0 aromatic carbocycles. The maximum absolute atomic E-state index is 8.30. The van der Waals surface area contributed by atoms with Gasteiger partial charge in [-0.25, -0.2) is 0 Å². The Balaban J connectivity index is 2.92. The fraction of sp³-hybridized carbons (Fsp3) is 1.00. The first-order chi connectivity index (χ1) is 3.81. The summed E-state index contributed by atoms with van der Waals surface area (Å²) in [6.07, 6.45) is 0.509. The number of aliphatic hydroxyl groups excluding tert-OH is 1. The zero-order chi connectivity index (χ0) is 6.41. The van der Waals surface area contributed by atoms with Crippen molar-refractivity contribution in [2.24, 2.45) is 0 Å². The lowest BCUT2D eigenvalue weighted by atomic mass is 10.5. The fourth-order valence-corrected chi connectivity index (χ4v) is 0.589. The lowest BCUT2D eigenvalue weighted by molar-refractivity contribution is 0.0977. The van der Waals surface area contributed by atoms with Gasteiger partial charge < -0.3 is 9.84 Å². The Kier molecular flexibility index (Phi) is 5.49. The number of aliphatic hydroxyl groups is 1. The van der Waals surface area contributed by atoms with E-state index >= 15 is 0 Å². The summed E-state index contributed by atoms with van der Waals surface area (Å²) in [4.78, 5) is 0. The second-order valence-corrected chi connectivity index (χ2v) is 1.86. The number of ether oxygens (including phenoxy) is 1. The number of halogens is 1. The Bertz CT molecular complexity index is 43.7. The van der Waals surface area contributed by atoms with Gasteiger partial charge in [0.15, 0.2) is 0 Å². The van der Waals surface area contributed by atoms with Crippen molar-refractivity contribution in [3.8, 4) is 0 Å². The van der Waals surface area contributed by atoms with Gasteiger partial charge in [0.1, 0.15) is 5.56 Å². The summed E-state index contributed by atoms with van der Waals surface area (Å²) >= 11 is 5.50. The quantitative estimate of drug-likeness (QED) is 0.587. The van der Waals surface area contributed by atoms with Crippen LogP contribution in [0.4, 0.5) is 0 Å². The van der Waals surface area contributed by atoms with Crippen LogP contribution in [0, 0.1) is 0 Å². The van der Waals surface area contributed by atoms with E-state index < -0.39 is 0 Å². The SMILES string of the molecule is CCOC(Cl)CCO. The van der Waals surface area contributed by atoms with Gasteiger partial charge in [0.05, 0.1) is 0 Å². The van der Waals surface area contributed by atoms with Crippen LogP contribution < -0.4 is 0 Å². The van der Waals surface area contributed by atoms with Gasteiger partial charge >= 0.3 is 0 Å². The highest BCUT2D eigenvalue weighted by atomic mass is 35.5. The summed E-state index contributed by atoms with van der Waals surface area (Å²) in [7, 11) is 0. The molecule has 0 saturated heterocycles. The van der Waals surface area contributed by atoms with E-state index in [0.29, 0.717) is 13.0 Å². The molecule has 1 atom stereocenters. The first kappa shape index (κ1) is 8.21. The van der Waals surface area contributed by atoms with Crippen molar-refractivity contribution >= 4 is 11.6 Å². The summed E-state index contributed by atoms with van der Waals surface area (Å²) in [6, 6.07) is 0. The van der Waals surface area contributed by atoms with E-state index in [1.807, 2.05) is 6.92 Å². The molecule has 0 amide bonds. The molecule has 0 aliphatic heterocycles. The normalized spacial score (nSPS) is 13.9. The van der Waals surface area contributed by atoms with E-state index in [2.05, 4.69) is 0 Å². The van der Waals surface area contributed by atoms with Crippen LogP contribution in [0.5, 0.6) is 0 Å². The first-order valence-corrected chi connectivity index (χ1v) is 3.11. The largest absolute Gasteiger partial charge is 0.396 e. The zero-order valence-electron chi connectivity index (χ0n) is 4.93. The topological polar surface area (TPSA) is 29.5 Å². The molecule has 50 valence electrons. The number of hydrogen-bond acceptors (Lipinski definition) is 2. The molecule has 0 aromatic rings. The predicted octanol–water partition coefficient (Wildman–Crippen LogP) is 0.970. The van der Waals surface area contributed by atoms with Crippen molar-refractivity contribution < 1.29 is 9.84 Å². The minimum atomic E-state index is -0.315. The molecule has 0 aromatic heterocycles.